The largest absolute Gasteiger partial charge is 0.504 e. The molecule has 0 heterocycles. The molecule has 0 spiro atoms. The van der Waals surface area contributed by atoms with Crippen LogP contribution in [0.15, 0.2) is 24.3 Å². The Morgan fingerprint density at radius 2 is 0.975 bits per heavy atom. The van der Waals surface area contributed by atoms with Crippen LogP contribution in [0.5, 0.6) is 34.5 Å². The van der Waals surface area contributed by atoms with Gasteiger partial charge in [-0.15, -0.1) is 0 Å². The van der Waals surface area contributed by atoms with E-state index in [0.717, 1.165) is 43.5 Å². The molecule has 0 fully saturated rings. The van der Waals surface area contributed by atoms with E-state index < -0.39 is 52.5 Å². The van der Waals surface area contributed by atoms with Crippen LogP contribution in [-0.4, -0.2) is 55.3 Å². The predicted octanol–water partition coefficient (Wildman–Crippen LogP) is 6.39. The van der Waals surface area contributed by atoms with E-state index in [1.165, 1.54) is 51.4 Å². The van der Waals surface area contributed by atoms with Crippen molar-refractivity contribution in [3.63, 3.8) is 0 Å². The summed E-state index contributed by atoms with van der Waals surface area (Å²) in [5, 5.41) is 57.7. The summed E-state index contributed by atoms with van der Waals surface area (Å²) in [6, 6.07) is 3.77. The van der Waals surface area contributed by atoms with Crippen LogP contribution in [-0.2, 0) is 9.47 Å². The normalized spacial score (nSPS) is 11.7. The first-order valence-corrected chi connectivity index (χ1v) is 14.0. The van der Waals surface area contributed by atoms with Crippen molar-refractivity contribution in [3.05, 3.63) is 35.4 Å². The molecule has 0 aliphatic carbocycles. The maximum absolute atomic E-state index is 12.7. The molecule has 0 amide bonds. The van der Waals surface area contributed by atoms with Crippen molar-refractivity contribution in [3.8, 4) is 34.5 Å². The molecule has 1 unspecified atom stereocenters. The molecule has 2 rings (SSSR count). The molecule has 6 N–H and O–H groups in total. The number of phenols is 6. The summed E-state index contributed by atoms with van der Waals surface area (Å²) in [6.45, 7) is 1.88. The molecule has 0 saturated carbocycles. The van der Waals surface area contributed by atoms with Crippen LogP contribution in [0, 0.1) is 0 Å². The Kier molecular flexibility index (Phi) is 13.8. The van der Waals surface area contributed by atoms with Crippen LogP contribution in [0.4, 0.5) is 0 Å². The lowest BCUT2D eigenvalue weighted by atomic mass is 10.0. The number of carbonyl (C=O) groups excluding carboxylic acids is 2. The maximum Gasteiger partial charge on any atom is 0.338 e. The quantitative estimate of drug-likeness (QED) is 0.0678. The molecule has 222 valence electrons. The monoisotopic (exact) mass is 562 g/mol. The number of rotatable bonds is 18. The van der Waals surface area contributed by atoms with Crippen molar-refractivity contribution in [2.45, 2.75) is 96.5 Å². The smallest absolute Gasteiger partial charge is 0.338 e. The van der Waals surface area contributed by atoms with Crippen molar-refractivity contribution >= 4 is 11.9 Å². The molecule has 0 aliphatic heterocycles. The van der Waals surface area contributed by atoms with Crippen LogP contribution >= 0.6 is 0 Å². The van der Waals surface area contributed by atoms with Gasteiger partial charge in [0.15, 0.2) is 34.5 Å². The van der Waals surface area contributed by atoms with Gasteiger partial charge in [0, 0.05) is 0 Å². The first-order chi connectivity index (χ1) is 19.1. The van der Waals surface area contributed by atoms with Crippen molar-refractivity contribution in [1.82, 2.24) is 0 Å². The summed E-state index contributed by atoms with van der Waals surface area (Å²) < 4.78 is 10.7. The highest BCUT2D eigenvalue weighted by molar-refractivity contribution is 5.92. The Balaban J connectivity index is 1.88. The summed E-state index contributed by atoms with van der Waals surface area (Å²) >= 11 is 0. The molecule has 0 aromatic heterocycles. The standard InChI is InChI=1S/C30H42O10/c1-2-3-4-5-6-7-8-9-10-11-12-13-14-22(40-30(38)21-17-25(33)28(36)26(34)18-21)19-39-29(37)20-15-23(31)27(35)24(32)16-20/h15-18,22,31-36H,2-14,19H2,1H3. The maximum atomic E-state index is 12.7. The van der Waals surface area contributed by atoms with E-state index >= 15 is 0 Å². The van der Waals surface area contributed by atoms with Gasteiger partial charge in [-0.3, -0.25) is 0 Å². The zero-order valence-corrected chi connectivity index (χ0v) is 23.1. The van der Waals surface area contributed by atoms with Gasteiger partial charge in [0.05, 0.1) is 11.1 Å². The van der Waals surface area contributed by atoms with Crippen molar-refractivity contribution < 1.29 is 49.7 Å². The molecule has 2 aromatic carbocycles. The number of benzene rings is 2. The van der Waals surface area contributed by atoms with Crippen LogP contribution in [0.1, 0.15) is 111 Å². The number of unbranched alkanes of at least 4 members (excludes halogenated alkanes) is 11. The molecule has 1 atom stereocenters. The van der Waals surface area contributed by atoms with Gasteiger partial charge in [-0.2, -0.15) is 0 Å². The second-order valence-corrected chi connectivity index (χ2v) is 10.0. The Morgan fingerprint density at radius 3 is 1.40 bits per heavy atom. The Morgan fingerprint density at radius 1 is 0.600 bits per heavy atom. The van der Waals surface area contributed by atoms with E-state index in [1.807, 2.05) is 0 Å². The van der Waals surface area contributed by atoms with Crippen molar-refractivity contribution in [1.29, 1.82) is 0 Å². The van der Waals surface area contributed by atoms with E-state index in [2.05, 4.69) is 6.92 Å². The highest BCUT2D eigenvalue weighted by atomic mass is 16.6. The van der Waals surface area contributed by atoms with Gasteiger partial charge in [-0.05, 0) is 37.1 Å². The molecule has 0 aliphatic rings. The van der Waals surface area contributed by atoms with Crippen LogP contribution in [0.2, 0.25) is 0 Å². The molecule has 0 bridgehead atoms. The molecule has 10 nitrogen and oxygen atoms in total. The third-order valence-corrected chi connectivity index (χ3v) is 6.66. The molecule has 0 radical (unpaired) electrons. The van der Waals surface area contributed by atoms with Crippen LogP contribution in [0.3, 0.4) is 0 Å². The molecule has 0 saturated heterocycles. The van der Waals surface area contributed by atoms with Crippen molar-refractivity contribution in [2.24, 2.45) is 0 Å². The fourth-order valence-electron chi connectivity index (χ4n) is 4.30. The summed E-state index contributed by atoms with van der Waals surface area (Å²) in [4.78, 5) is 25.1. The Hall–Kier alpha value is -3.82. The van der Waals surface area contributed by atoms with Crippen LogP contribution in [0.25, 0.3) is 0 Å². The molecule has 40 heavy (non-hydrogen) atoms. The summed E-state index contributed by atoms with van der Waals surface area (Å²) in [5.41, 5.74) is -0.413. The number of esters is 2. The lowest BCUT2D eigenvalue weighted by Gasteiger charge is -2.18. The molecule has 2 aromatic rings. The third kappa shape index (κ3) is 10.7. The molecular weight excluding hydrogens is 520 g/mol. The third-order valence-electron chi connectivity index (χ3n) is 6.66. The minimum atomic E-state index is -0.915. The second kappa shape index (κ2) is 17.0. The lowest BCUT2D eigenvalue weighted by molar-refractivity contribution is -0.00348. The minimum Gasteiger partial charge on any atom is -0.504 e. The van der Waals surface area contributed by atoms with Gasteiger partial charge in [-0.25, -0.2) is 9.59 Å². The van der Waals surface area contributed by atoms with Gasteiger partial charge in [0.1, 0.15) is 12.7 Å². The fourth-order valence-corrected chi connectivity index (χ4v) is 4.30. The average Bonchev–Trinajstić information content (AvgIpc) is 2.92. The summed E-state index contributed by atoms with van der Waals surface area (Å²) in [6.07, 6.45) is 13.3. The van der Waals surface area contributed by atoms with E-state index in [4.69, 9.17) is 9.47 Å². The topological polar surface area (TPSA) is 174 Å². The first kappa shape index (κ1) is 32.4. The van der Waals surface area contributed by atoms with Crippen molar-refractivity contribution in [2.75, 3.05) is 6.61 Å². The number of hydrogen-bond acceptors (Lipinski definition) is 10. The summed E-state index contributed by atoms with van der Waals surface area (Å²) in [5.74, 6) is -6.12. The van der Waals surface area contributed by atoms with Gasteiger partial charge < -0.3 is 40.1 Å². The molecular formula is C30H42O10. The van der Waals surface area contributed by atoms with Gasteiger partial charge in [0.2, 0.25) is 0 Å². The second-order valence-electron chi connectivity index (χ2n) is 10.0. The number of phenolic OH excluding ortho intramolecular Hbond substituents is 6. The van der Waals surface area contributed by atoms with Crippen LogP contribution < -0.4 is 0 Å². The lowest BCUT2D eigenvalue weighted by Crippen LogP contribution is -2.25. The van der Waals surface area contributed by atoms with Gasteiger partial charge in [0.25, 0.3) is 0 Å². The average molecular weight is 563 g/mol. The summed E-state index contributed by atoms with van der Waals surface area (Å²) in [7, 11) is 0. The van der Waals surface area contributed by atoms with Gasteiger partial charge >= 0.3 is 11.9 Å². The number of aromatic hydroxyl groups is 6. The number of carbonyl (C=O) groups is 2. The SMILES string of the molecule is CCCCCCCCCCCCCCC(COC(=O)c1cc(O)c(O)c(O)c1)OC(=O)c1cc(O)c(O)c(O)c1. The molecule has 10 heteroatoms. The van der Waals surface area contributed by atoms with E-state index in [0.29, 0.717) is 12.8 Å². The Bertz CT molecular complexity index is 1050. The number of ether oxygens (including phenoxy) is 2. The zero-order valence-electron chi connectivity index (χ0n) is 23.1. The fraction of sp³-hybridized carbons (Fsp3) is 0.533. The predicted molar refractivity (Wildman–Crippen MR) is 148 cm³/mol. The highest BCUT2D eigenvalue weighted by Crippen LogP contribution is 2.36. The minimum absolute atomic E-state index is 0.202. The Labute approximate surface area is 234 Å². The first-order valence-electron chi connectivity index (χ1n) is 14.0. The van der Waals surface area contributed by atoms with E-state index in [-0.39, 0.29) is 17.7 Å². The van der Waals surface area contributed by atoms with E-state index in [9.17, 15) is 40.2 Å². The highest BCUT2D eigenvalue weighted by Gasteiger charge is 2.22. The number of hydrogen-bond donors (Lipinski definition) is 6. The van der Waals surface area contributed by atoms with Gasteiger partial charge in [-0.1, -0.05) is 77.6 Å². The zero-order chi connectivity index (χ0) is 29.5. The van der Waals surface area contributed by atoms with E-state index in [1.54, 1.807) is 0 Å².